The molecule has 4 aromatic rings. The van der Waals surface area contributed by atoms with E-state index in [9.17, 15) is 9.59 Å². The Morgan fingerprint density at radius 2 is 2.00 bits per heavy atom. The molecule has 5 nitrogen and oxygen atoms in total. The number of aryl methyl sites for hydroxylation is 1. The summed E-state index contributed by atoms with van der Waals surface area (Å²) in [5.74, 6) is 0.391. The molecule has 2 aromatic carbocycles. The van der Waals surface area contributed by atoms with Gasteiger partial charge in [-0.2, -0.15) is 0 Å². The van der Waals surface area contributed by atoms with Crippen molar-refractivity contribution in [1.29, 1.82) is 0 Å². The second-order valence-electron chi connectivity index (χ2n) is 7.05. The number of benzene rings is 2. The standard InChI is InChI=1S/C23H18N2O3S2/c26-21(25-11-5-8-15-6-1-3-9-19(15)25)14-30-23-24-18(13-29-23)17-12-16-7-2-4-10-20(16)28-22(17)27/h1-4,6-7,9-10,12-13H,5,8,11,14H2. The van der Waals surface area contributed by atoms with E-state index in [-0.39, 0.29) is 5.91 Å². The van der Waals surface area contributed by atoms with Gasteiger partial charge in [-0.25, -0.2) is 9.78 Å². The van der Waals surface area contributed by atoms with Gasteiger partial charge in [0.05, 0.1) is 17.0 Å². The maximum Gasteiger partial charge on any atom is 0.345 e. The van der Waals surface area contributed by atoms with Crippen molar-refractivity contribution in [1.82, 2.24) is 4.98 Å². The van der Waals surface area contributed by atoms with Gasteiger partial charge in [-0.1, -0.05) is 48.2 Å². The molecule has 0 atom stereocenters. The summed E-state index contributed by atoms with van der Waals surface area (Å²) in [6.07, 6.45) is 1.99. The van der Waals surface area contributed by atoms with Crippen molar-refractivity contribution in [2.75, 3.05) is 17.2 Å². The highest BCUT2D eigenvalue weighted by Gasteiger charge is 2.22. The van der Waals surface area contributed by atoms with Crippen LogP contribution in [0.3, 0.4) is 0 Å². The van der Waals surface area contributed by atoms with Crippen LogP contribution in [0.1, 0.15) is 12.0 Å². The van der Waals surface area contributed by atoms with Crippen molar-refractivity contribution < 1.29 is 9.21 Å². The van der Waals surface area contributed by atoms with Gasteiger partial charge in [-0.15, -0.1) is 11.3 Å². The molecule has 0 fully saturated rings. The predicted octanol–water partition coefficient (Wildman–Crippen LogP) is 4.99. The van der Waals surface area contributed by atoms with E-state index in [1.807, 2.05) is 46.7 Å². The molecule has 1 aliphatic rings. The highest BCUT2D eigenvalue weighted by Crippen LogP contribution is 2.31. The minimum atomic E-state index is -0.406. The Hall–Kier alpha value is -2.90. The molecule has 7 heteroatoms. The normalized spacial score (nSPS) is 13.4. The fraction of sp³-hybridized carbons (Fsp3) is 0.174. The molecule has 5 rings (SSSR count). The fourth-order valence-corrected chi connectivity index (χ4v) is 5.38. The third kappa shape index (κ3) is 3.66. The average Bonchev–Trinajstić information content (AvgIpc) is 3.25. The molecule has 30 heavy (non-hydrogen) atoms. The third-order valence-corrected chi connectivity index (χ3v) is 7.14. The van der Waals surface area contributed by atoms with Gasteiger partial charge in [0.2, 0.25) is 5.91 Å². The Morgan fingerprint density at radius 1 is 1.17 bits per heavy atom. The lowest BCUT2D eigenvalue weighted by Crippen LogP contribution is -2.36. The van der Waals surface area contributed by atoms with Crippen LogP contribution in [0.2, 0.25) is 0 Å². The Balaban J connectivity index is 1.32. The molecular formula is C23H18N2O3S2. The first kappa shape index (κ1) is 19.1. The van der Waals surface area contributed by atoms with Crippen molar-refractivity contribution >= 4 is 45.7 Å². The van der Waals surface area contributed by atoms with Gasteiger partial charge in [-0.3, -0.25) is 4.79 Å². The predicted molar refractivity (Wildman–Crippen MR) is 121 cm³/mol. The van der Waals surface area contributed by atoms with Crippen LogP contribution in [-0.4, -0.2) is 23.2 Å². The van der Waals surface area contributed by atoms with Gasteiger partial charge in [0, 0.05) is 23.0 Å². The van der Waals surface area contributed by atoms with Gasteiger partial charge < -0.3 is 9.32 Å². The maximum absolute atomic E-state index is 12.8. The molecule has 0 spiro atoms. The van der Waals surface area contributed by atoms with Gasteiger partial charge >= 0.3 is 5.63 Å². The number of carbonyl (C=O) groups is 1. The molecule has 0 saturated carbocycles. The van der Waals surface area contributed by atoms with E-state index < -0.39 is 5.63 Å². The lowest BCUT2D eigenvalue weighted by atomic mass is 10.0. The average molecular weight is 435 g/mol. The largest absolute Gasteiger partial charge is 0.422 e. The number of fused-ring (bicyclic) bond motifs is 2. The molecule has 0 N–H and O–H groups in total. The summed E-state index contributed by atoms with van der Waals surface area (Å²) in [5, 5.41) is 2.69. The van der Waals surface area contributed by atoms with E-state index >= 15 is 0 Å². The molecular weight excluding hydrogens is 416 g/mol. The van der Waals surface area contributed by atoms with Crippen molar-refractivity contribution in [3.05, 3.63) is 76.0 Å². The van der Waals surface area contributed by atoms with Gasteiger partial charge in [-0.05, 0) is 36.6 Å². The van der Waals surface area contributed by atoms with E-state index in [0.29, 0.717) is 22.6 Å². The molecule has 0 unspecified atom stereocenters. The Bertz CT molecular complexity index is 1290. The minimum Gasteiger partial charge on any atom is -0.422 e. The lowest BCUT2D eigenvalue weighted by molar-refractivity contribution is -0.116. The molecule has 3 heterocycles. The van der Waals surface area contributed by atoms with Crippen LogP contribution in [0, 0.1) is 0 Å². The lowest BCUT2D eigenvalue weighted by Gasteiger charge is -2.29. The molecule has 0 saturated heterocycles. The first-order chi connectivity index (χ1) is 14.7. The van der Waals surface area contributed by atoms with Crippen LogP contribution in [-0.2, 0) is 11.2 Å². The van der Waals surface area contributed by atoms with Crippen molar-refractivity contribution in [2.45, 2.75) is 17.2 Å². The van der Waals surface area contributed by atoms with Crippen LogP contribution in [0.4, 0.5) is 5.69 Å². The SMILES string of the molecule is O=C(CSc1nc(-c2cc3ccccc3oc2=O)cs1)N1CCCc2ccccc21. The molecule has 1 aliphatic heterocycles. The van der Waals surface area contributed by atoms with Crippen molar-refractivity contribution in [2.24, 2.45) is 0 Å². The second-order valence-corrected chi connectivity index (χ2v) is 9.13. The molecule has 150 valence electrons. The highest BCUT2D eigenvalue weighted by molar-refractivity contribution is 8.01. The zero-order valence-corrected chi connectivity index (χ0v) is 17.7. The number of amides is 1. The van der Waals surface area contributed by atoms with E-state index in [1.165, 1.54) is 28.7 Å². The number of thioether (sulfide) groups is 1. The summed E-state index contributed by atoms with van der Waals surface area (Å²) >= 11 is 2.84. The monoisotopic (exact) mass is 434 g/mol. The van der Waals surface area contributed by atoms with E-state index in [2.05, 4.69) is 11.1 Å². The van der Waals surface area contributed by atoms with Crippen molar-refractivity contribution in [3.63, 3.8) is 0 Å². The molecule has 0 radical (unpaired) electrons. The van der Waals surface area contributed by atoms with Crippen LogP contribution in [0.25, 0.3) is 22.2 Å². The zero-order chi connectivity index (χ0) is 20.5. The molecule has 0 bridgehead atoms. The van der Waals surface area contributed by atoms with Gasteiger partial charge in [0.25, 0.3) is 0 Å². The minimum absolute atomic E-state index is 0.0779. The number of hydrogen-bond donors (Lipinski definition) is 0. The number of thiazole rings is 1. The fourth-order valence-electron chi connectivity index (χ4n) is 3.68. The first-order valence-electron chi connectivity index (χ1n) is 9.69. The first-order valence-corrected chi connectivity index (χ1v) is 11.6. The number of aromatic nitrogens is 1. The summed E-state index contributed by atoms with van der Waals surface area (Å²) in [5.41, 5.74) is 3.41. The molecule has 0 aliphatic carbocycles. The van der Waals surface area contributed by atoms with E-state index in [4.69, 9.17) is 4.42 Å². The molecule has 1 amide bonds. The topological polar surface area (TPSA) is 63.4 Å². The van der Waals surface area contributed by atoms with Gasteiger partial charge in [0.15, 0.2) is 4.34 Å². The Kier molecular flexibility index (Phi) is 5.14. The highest BCUT2D eigenvalue weighted by atomic mass is 32.2. The summed E-state index contributed by atoms with van der Waals surface area (Å²) in [4.78, 5) is 31.6. The Labute approximate surface area is 181 Å². The number of para-hydroxylation sites is 2. The quantitative estimate of drug-likeness (QED) is 0.335. The summed E-state index contributed by atoms with van der Waals surface area (Å²) in [6.45, 7) is 0.748. The zero-order valence-electron chi connectivity index (χ0n) is 16.0. The van der Waals surface area contributed by atoms with Crippen molar-refractivity contribution in [3.8, 4) is 11.3 Å². The van der Waals surface area contributed by atoms with E-state index in [0.717, 1.165) is 34.8 Å². The Morgan fingerprint density at radius 3 is 2.93 bits per heavy atom. The summed E-state index contributed by atoms with van der Waals surface area (Å²) < 4.78 is 6.17. The number of nitrogens with zero attached hydrogens (tertiary/aromatic N) is 2. The number of carbonyl (C=O) groups excluding carboxylic acids is 1. The molecule has 2 aromatic heterocycles. The summed E-state index contributed by atoms with van der Waals surface area (Å²) in [7, 11) is 0. The van der Waals surface area contributed by atoms with Crippen LogP contribution < -0.4 is 10.5 Å². The third-order valence-electron chi connectivity index (χ3n) is 5.13. The van der Waals surface area contributed by atoms with Crippen LogP contribution in [0.15, 0.2) is 73.5 Å². The van der Waals surface area contributed by atoms with Gasteiger partial charge in [0.1, 0.15) is 5.58 Å². The number of hydrogen-bond acceptors (Lipinski definition) is 6. The smallest absolute Gasteiger partial charge is 0.345 e. The maximum atomic E-state index is 12.8. The number of anilines is 1. The van der Waals surface area contributed by atoms with Crippen LogP contribution >= 0.6 is 23.1 Å². The summed E-state index contributed by atoms with van der Waals surface area (Å²) in [6, 6.07) is 17.3. The second kappa shape index (κ2) is 8.08. The van der Waals surface area contributed by atoms with Crippen LogP contribution in [0.5, 0.6) is 0 Å². The van der Waals surface area contributed by atoms with E-state index in [1.54, 1.807) is 12.1 Å². The number of rotatable bonds is 4.